The first-order valence-electron chi connectivity index (χ1n) is 9.63. The fraction of sp³-hybridized carbons (Fsp3) is 0.381. The van der Waals surface area contributed by atoms with Crippen molar-refractivity contribution in [2.45, 2.75) is 31.6 Å². The lowest BCUT2D eigenvalue weighted by Gasteiger charge is -2.15. The van der Waals surface area contributed by atoms with E-state index in [0.717, 1.165) is 17.1 Å². The van der Waals surface area contributed by atoms with Crippen LogP contribution in [0.2, 0.25) is 5.02 Å². The summed E-state index contributed by atoms with van der Waals surface area (Å²) in [5.74, 6) is 0.676. The van der Waals surface area contributed by atoms with Gasteiger partial charge >= 0.3 is 0 Å². The highest BCUT2D eigenvalue weighted by Gasteiger charge is 2.22. The molecular formula is C21H27ClN2O5S. The minimum atomic E-state index is -3.78. The number of halogens is 1. The van der Waals surface area contributed by atoms with Gasteiger partial charge in [0, 0.05) is 31.4 Å². The number of rotatable bonds is 10. The third kappa shape index (κ3) is 5.87. The van der Waals surface area contributed by atoms with Crippen LogP contribution in [-0.2, 0) is 10.0 Å². The largest absolute Gasteiger partial charge is 0.490 e. The zero-order valence-electron chi connectivity index (χ0n) is 17.6. The van der Waals surface area contributed by atoms with Crippen LogP contribution in [0.25, 0.3) is 0 Å². The molecule has 0 unspecified atom stereocenters. The predicted molar refractivity (Wildman–Crippen MR) is 118 cm³/mol. The second-order valence-corrected chi connectivity index (χ2v) is 9.27. The quantitative estimate of drug-likeness (QED) is 0.574. The Balaban J connectivity index is 2.29. The first-order valence-corrected chi connectivity index (χ1v) is 11.5. The van der Waals surface area contributed by atoms with E-state index >= 15 is 0 Å². The van der Waals surface area contributed by atoms with Crippen molar-refractivity contribution in [2.75, 3.05) is 32.6 Å². The summed E-state index contributed by atoms with van der Waals surface area (Å²) in [5, 5.41) is 2.81. The van der Waals surface area contributed by atoms with E-state index in [0.29, 0.717) is 30.4 Å². The van der Waals surface area contributed by atoms with Crippen LogP contribution in [-0.4, -0.2) is 45.9 Å². The number of benzene rings is 2. The summed E-state index contributed by atoms with van der Waals surface area (Å²) >= 11 is 6.05. The van der Waals surface area contributed by atoms with Crippen molar-refractivity contribution in [1.29, 1.82) is 0 Å². The van der Waals surface area contributed by atoms with E-state index in [9.17, 15) is 13.2 Å². The Bertz CT molecular complexity index is 993. The number of ether oxygens (including phenoxy) is 2. The highest BCUT2D eigenvalue weighted by Crippen LogP contribution is 2.31. The summed E-state index contributed by atoms with van der Waals surface area (Å²) < 4.78 is 37.3. The van der Waals surface area contributed by atoms with Crippen LogP contribution in [0.1, 0.15) is 37.0 Å². The lowest BCUT2D eigenvalue weighted by atomic mass is 10.2. The molecule has 2 aromatic carbocycles. The Hall–Kier alpha value is -2.29. The van der Waals surface area contributed by atoms with Gasteiger partial charge in [-0.1, -0.05) is 25.4 Å². The van der Waals surface area contributed by atoms with Crippen LogP contribution in [0.5, 0.6) is 11.5 Å². The van der Waals surface area contributed by atoms with Crippen molar-refractivity contribution in [2.24, 2.45) is 0 Å². The molecule has 0 aromatic heterocycles. The molecule has 0 bridgehead atoms. The lowest BCUT2D eigenvalue weighted by Crippen LogP contribution is -2.23. The standard InChI is InChI=1S/C21H27ClN2O5S/c1-5-11-28-18-10-8-16(14-19(18)29-12-6-2)23-21(25)15-7-9-17(22)20(13-15)30(26,27)24(3)4/h7-10,13-14H,5-6,11-12H2,1-4H3,(H,23,25). The van der Waals surface area contributed by atoms with Crippen LogP contribution in [0.15, 0.2) is 41.3 Å². The number of anilines is 1. The van der Waals surface area contributed by atoms with E-state index in [1.807, 2.05) is 13.8 Å². The van der Waals surface area contributed by atoms with Gasteiger partial charge in [-0.25, -0.2) is 12.7 Å². The number of carbonyl (C=O) groups is 1. The van der Waals surface area contributed by atoms with Crippen molar-refractivity contribution in [3.63, 3.8) is 0 Å². The summed E-state index contributed by atoms with van der Waals surface area (Å²) in [4.78, 5) is 12.6. The van der Waals surface area contributed by atoms with Crippen LogP contribution in [0.4, 0.5) is 5.69 Å². The maximum atomic E-state index is 12.7. The molecule has 2 rings (SSSR count). The fourth-order valence-electron chi connectivity index (χ4n) is 2.48. The summed E-state index contributed by atoms with van der Waals surface area (Å²) in [5.41, 5.74) is 0.670. The molecule has 0 atom stereocenters. The van der Waals surface area contributed by atoms with Gasteiger partial charge < -0.3 is 14.8 Å². The van der Waals surface area contributed by atoms with E-state index in [-0.39, 0.29) is 15.5 Å². The third-order valence-electron chi connectivity index (χ3n) is 4.08. The highest BCUT2D eigenvalue weighted by molar-refractivity contribution is 7.89. The number of sulfonamides is 1. The van der Waals surface area contributed by atoms with Crippen LogP contribution >= 0.6 is 11.6 Å². The fourth-order valence-corrected chi connectivity index (χ4v) is 3.88. The maximum absolute atomic E-state index is 12.7. The van der Waals surface area contributed by atoms with Crippen LogP contribution < -0.4 is 14.8 Å². The van der Waals surface area contributed by atoms with Crippen molar-refractivity contribution < 1.29 is 22.7 Å². The molecule has 164 valence electrons. The molecule has 7 nitrogen and oxygen atoms in total. The van der Waals surface area contributed by atoms with E-state index in [2.05, 4.69) is 5.32 Å². The first-order chi connectivity index (χ1) is 14.2. The van der Waals surface area contributed by atoms with Gasteiger partial charge in [-0.2, -0.15) is 0 Å². The van der Waals surface area contributed by atoms with Crippen molar-refractivity contribution in [1.82, 2.24) is 4.31 Å². The van der Waals surface area contributed by atoms with Crippen molar-refractivity contribution in [3.8, 4) is 11.5 Å². The van der Waals surface area contributed by atoms with Crippen LogP contribution in [0, 0.1) is 0 Å². The van der Waals surface area contributed by atoms with Gasteiger partial charge in [0.25, 0.3) is 5.91 Å². The van der Waals surface area contributed by atoms with Gasteiger partial charge in [0.2, 0.25) is 10.0 Å². The monoisotopic (exact) mass is 454 g/mol. The smallest absolute Gasteiger partial charge is 0.255 e. The summed E-state index contributed by atoms with van der Waals surface area (Å²) in [7, 11) is -0.981. The first kappa shape index (κ1) is 24.0. The summed E-state index contributed by atoms with van der Waals surface area (Å²) in [6, 6.07) is 9.26. The molecule has 0 saturated carbocycles. The van der Waals surface area contributed by atoms with Gasteiger partial charge in [0.15, 0.2) is 11.5 Å². The minimum absolute atomic E-state index is 0.0490. The molecular weight excluding hydrogens is 428 g/mol. The van der Waals surface area contributed by atoms with Gasteiger partial charge in [0.1, 0.15) is 4.90 Å². The van der Waals surface area contributed by atoms with Crippen molar-refractivity contribution in [3.05, 3.63) is 47.0 Å². The number of hydrogen-bond donors (Lipinski definition) is 1. The number of nitrogens with zero attached hydrogens (tertiary/aromatic N) is 1. The molecule has 0 radical (unpaired) electrons. The van der Waals surface area contributed by atoms with Crippen molar-refractivity contribution >= 4 is 33.2 Å². The van der Waals surface area contributed by atoms with E-state index in [4.69, 9.17) is 21.1 Å². The molecule has 2 aromatic rings. The average Bonchev–Trinajstić information content (AvgIpc) is 2.71. The molecule has 0 aliphatic carbocycles. The molecule has 0 heterocycles. The topological polar surface area (TPSA) is 84.9 Å². The molecule has 9 heteroatoms. The molecule has 0 saturated heterocycles. The second-order valence-electron chi connectivity index (χ2n) is 6.75. The Morgan fingerprint density at radius 1 is 1.00 bits per heavy atom. The predicted octanol–water partition coefficient (Wildman–Crippen LogP) is 4.42. The van der Waals surface area contributed by atoms with E-state index in [1.54, 1.807) is 18.2 Å². The zero-order chi connectivity index (χ0) is 22.3. The number of hydrogen-bond acceptors (Lipinski definition) is 5. The highest BCUT2D eigenvalue weighted by atomic mass is 35.5. The van der Waals surface area contributed by atoms with Gasteiger partial charge in [-0.3, -0.25) is 4.79 Å². The summed E-state index contributed by atoms with van der Waals surface area (Å²) in [6.45, 7) is 5.08. The maximum Gasteiger partial charge on any atom is 0.255 e. The molecule has 0 fully saturated rings. The van der Waals surface area contributed by atoms with Gasteiger partial charge in [-0.15, -0.1) is 0 Å². The second kappa shape index (κ2) is 10.7. The number of nitrogens with one attached hydrogen (secondary N) is 1. The molecule has 30 heavy (non-hydrogen) atoms. The van der Waals surface area contributed by atoms with E-state index < -0.39 is 15.9 Å². The molecule has 0 spiro atoms. The SMILES string of the molecule is CCCOc1ccc(NC(=O)c2ccc(Cl)c(S(=O)(=O)N(C)C)c2)cc1OCCC. The van der Waals surface area contributed by atoms with Gasteiger partial charge in [-0.05, 0) is 43.2 Å². The Morgan fingerprint density at radius 2 is 1.63 bits per heavy atom. The van der Waals surface area contributed by atoms with Crippen LogP contribution in [0.3, 0.4) is 0 Å². The molecule has 0 aliphatic heterocycles. The van der Waals surface area contributed by atoms with E-state index in [1.165, 1.54) is 32.3 Å². The average molecular weight is 455 g/mol. The number of amides is 1. The minimum Gasteiger partial charge on any atom is -0.490 e. The molecule has 1 amide bonds. The lowest BCUT2D eigenvalue weighted by molar-refractivity contribution is 0.102. The molecule has 0 aliphatic rings. The Kier molecular flexibility index (Phi) is 8.52. The summed E-state index contributed by atoms with van der Waals surface area (Å²) in [6.07, 6.45) is 1.69. The molecule has 1 N–H and O–H groups in total. The van der Waals surface area contributed by atoms with Gasteiger partial charge in [0.05, 0.1) is 18.2 Å². The zero-order valence-corrected chi connectivity index (χ0v) is 19.1. The Morgan fingerprint density at radius 3 is 2.23 bits per heavy atom. The third-order valence-corrected chi connectivity index (χ3v) is 6.37. The Labute approximate surface area is 183 Å². The normalized spacial score (nSPS) is 11.4. The number of carbonyl (C=O) groups excluding carboxylic acids is 1.